The van der Waals surface area contributed by atoms with E-state index in [1.807, 2.05) is 30.3 Å². The van der Waals surface area contributed by atoms with Gasteiger partial charge in [-0.3, -0.25) is 4.79 Å². The highest BCUT2D eigenvalue weighted by Gasteiger charge is 2.43. The van der Waals surface area contributed by atoms with Crippen molar-refractivity contribution in [2.45, 2.75) is 32.0 Å². The first-order valence-corrected chi connectivity index (χ1v) is 15.2. The molecule has 10 nitrogen and oxygen atoms in total. The van der Waals surface area contributed by atoms with E-state index < -0.39 is 12.1 Å². The molecule has 2 fully saturated rings. The number of methoxy groups -OCH3 is 1. The number of anilines is 1. The average Bonchev–Trinajstić information content (AvgIpc) is 3.45. The number of rotatable bonds is 9. The lowest BCUT2D eigenvalue weighted by molar-refractivity contribution is -0.174. The van der Waals surface area contributed by atoms with Crippen LogP contribution in [0.4, 0.5) is 10.1 Å². The number of ether oxygens (including phenoxy) is 4. The van der Waals surface area contributed by atoms with Gasteiger partial charge in [0.2, 0.25) is 11.8 Å². The summed E-state index contributed by atoms with van der Waals surface area (Å²) in [5, 5.41) is 16.2. The maximum absolute atomic E-state index is 15.1. The molecule has 4 aromatic rings. The Labute approximate surface area is 264 Å². The number of carbonyl (C=O) groups excluding carboxylic acids is 1. The van der Waals surface area contributed by atoms with Crippen molar-refractivity contribution in [1.29, 1.82) is 0 Å². The summed E-state index contributed by atoms with van der Waals surface area (Å²) in [7, 11) is 1.54. The Balaban J connectivity index is 1.11. The molecule has 0 radical (unpaired) electrons. The van der Waals surface area contributed by atoms with Crippen molar-refractivity contribution in [3.8, 4) is 23.1 Å². The summed E-state index contributed by atoms with van der Waals surface area (Å²) in [6.07, 6.45) is 3.58. The highest BCUT2D eigenvalue weighted by molar-refractivity contribution is 7.80. The van der Waals surface area contributed by atoms with Gasteiger partial charge in [-0.15, -0.1) is 0 Å². The van der Waals surface area contributed by atoms with Crippen LogP contribution in [0.5, 0.6) is 23.1 Å². The van der Waals surface area contributed by atoms with Crippen LogP contribution in [0, 0.1) is 23.6 Å². The summed E-state index contributed by atoms with van der Waals surface area (Å²) in [5.41, 5.74) is 1.73. The van der Waals surface area contributed by atoms with Crippen LogP contribution in [0.2, 0.25) is 0 Å². The maximum Gasteiger partial charge on any atom is 0.230 e. The normalized spacial score (nSPS) is 20.7. The minimum Gasteiger partial charge on any atom is -0.493 e. The molecule has 0 unspecified atom stereocenters. The van der Waals surface area contributed by atoms with Gasteiger partial charge in [0, 0.05) is 23.7 Å². The van der Waals surface area contributed by atoms with Crippen molar-refractivity contribution in [2.24, 2.45) is 17.8 Å². The van der Waals surface area contributed by atoms with Gasteiger partial charge in [-0.1, -0.05) is 30.3 Å². The van der Waals surface area contributed by atoms with E-state index in [1.54, 1.807) is 25.3 Å². The summed E-state index contributed by atoms with van der Waals surface area (Å²) in [6.45, 7) is 1.04. The lowest BCUT2D eigenvalue weighted by Crippen LogP contribution is -2.36. The quantitative estimate of drug-likeness (QED) is 0.207. The van der Waals surface area contributed by atoms with E-state index in [0.29, 0.717) is 53.1 Å². The van der Waals surface area contributed by atoms with Crippen molar-refractivity contribution < 1.29 is 33.2 Å². The first-order valence-electron chi connectivity index (χ1n) is 14.8. The molecule has 6 rings (SSSR count). The van der Waals surface area contributed by atoms with Gasteiger partial charge in [0.15, 0.2) is 34.5 Å². The third kappa shape index (κ3) is 7.14. The van der Waals surface area contributed by atoms with Crippen LogP contribution in [0.1, 0.15) is 24.8 Å². The third-order valence-electron chi connectivity index (χ3n) is 8.33. The first-order chi connectivity index (χ1) is 21.9. The molecule has 2 heterocycles. The van der Waals surface area contributed by atoms with Crippen LogP contribution < -0.4 is 24.8 Å². The Morgan fingerprint density at radius 1 is 1.04 bits per heavy atom. The van der Waals surface area contributed by atoms with Crippen LogP contribution in [0.15, 0.2) is 67.0 Å². The van der Waals surface area contributed by atoms with E-state index in [1.165, 1.54) is 18.5 Å². The van der Waals surface area contributed by atoms with Crippen LogP contribution in [0.25, 0.3) is 10.9 Å². The Morgan fingerprint density at radius 3 is 2.69 bits per heavy atom. The molecule has 3 N–H and O–H groups in total. The molecule has 234 valence electrons. The Bertz CT molecular complexity index is 1690. The lowest BCUT2D eigenvalue weighted by Gasteiger charge is -2.33. The predicted octanol–water partition coefficient (Wildman–Crippen LogP) is 5.39. The molecule has 2 aliphatic rings. The van der Waals surface area contributed by atoms with Gasteiger partial charge in [0.05, 0.1) is 37.6 Å². The van der Waals surface area contributed by atoms with E-state index in [2.05, 4.69) is 20.6 Å². The van der Waals surface area contributed by atoms with Gasteiger partial charge < -0.3 is 34.7 Å². The Kier molecular flexibility index (Phi) is 9.34. The minimum atomic E-state index is -0.702. The van der Waals surface area contributed by atoms with Gasteiger partial charge in [-0.25, -0.2) is 14.4 Å². The minimum absolute atomic E-state index is 0.0500. The van der Waals surface area contributed by atoms with E-state index in [9.17, 15) is 9.90 Å². The number of carbonyl (C=O) groups is 1. The number of thiocarbonyl (C=S) groups is 1. The number of nitrogens with zero attached hydrogens (tertiary/aromatic N) is 2. The summed E-state index contributed by atoms with van der Waals surface area (Å²) in [5.74, 6) is 0.926. The van der Waals surface area contributed by atoms with Crippen LogP contribution in [0.3, 0.4) is 0 Å². The number of fused-ring (bicyclic) bond motifs is 2. The van der Waals surface area contributed by atoms with Crippen molar-refractivity contribution in [2.75, 3.05) is 25.6 Å². The van der Waals surface area contributed by atoms with E-state index >= 15 is 4.39 Å². The molecule has 1 aliphatic carbocycles. The standard InChI is InChI=1S/C33H33FN4O6S/c1-41-28-15-24-26(16-29(28)43-17-20-7-9-23-22(20)11-12-42-32(23)40)35-18-36-31(24)44-27-10-8-21(14-25(27)34)37-33(45)38-30(39)13-19-5-3-2-4-6-19/h2-6,8,10,14-16,18,20,22-23,32,40H,7,9,11-13,17H2,1H3,(H2,37,38,39,45)/t20-,22+,23+,32+/m1/s1. The number of benzene rings is 3. The van der Waals surface area contributed by atoms with Crippen LogP contribution in [-0.4, -0.2) is 52.7 Å². The average molecular weight is 633 g/mol. The second-order valence-corrected chi connectivity index (χ2v) is 11.5. The third-order valence-corrected chi connectivity index (χ3v) is 8.53. The van der Waals surface area contributed by atoms with Crippen LogP contribution >= 0.6 is 12.2 Å². The summed E-state index contributed by atoms with van der Waals surface area (Å²) in [6, 6.07) is 17.0. The molecule has 1 aromatic heterocycles. The van der Waals surface area contributed by atoms with Crippen LogP contribution in [-0.2, 0) is 16.0 Å². The van der Waals surface area contributed by atoms with Gasteiger partial charge >= 0.3 is 0 Å². The molecule has 4 atom stereocenters. The van der Waals surface area contributed by atoms with Crippen molar-refractivity contribution in [3.05, 3.63) is 78.4 Å². The Morgan fingerprint density at radius 2 is 1.89 bits per heavy atom. The van der Waals surface area contributed by atoms with E-state index in [-0.39, 0.29) is 35.0 Å². The fourth-order valence-corrected chi connectivity index (χ4v) is 6.35. The molecule has 45 heavy (non-hydrogen) atoms. The van der Waals surface area contributed by atoms with Crippen molar-refractivity contribution in [3.63, 3.8) is 0 Å². The fraction of sp³-hybridized carbons (Fsp3) is 0.333. The topological polar surface area (TPSA) is 124 Å². The molecular formula is C33H33FN4O6S. The highest BCUT2D eigenvalue weighted by atomic mass is 32.1. The zero-order chi connectivity index (χ0) is 31.3. The number of aromatic nitrogens is 2. The molecule has 1 amide bonds. The van der Waals surface area contributed by atoms with Gasteiger partial charge in [0.25, 0.3) is 0 Å². The predicted molar refractivity (Wildman–Crippen MR) is 169 cm³/mol. The molecule has 1 aliphatic heterocycles. The van der Waals surface area contributed by atoms with Crippen molar-refractivity contribution >= 4 is 39.8 Å². The number of hydrogen-bond donors (Lipinski definition) is 3. The van der Waals surface area contributed by atoms with E-state index in [4.69, 9.17) is 31.2 Å². The van der Waals surface area contributed by atoms with Gasteiger partial charge in [-0.05, 0) is 67.1 Å². The van der Waals surface area contributed by atoms with Crippen molar-refractivity contribution in [1.82, 2.24) is 15.3 Å². The maximum atomic E-state index is 15.1. The van der Waals surface area contributed by atoms with Gasteiger partial charge in [0.1, 0.15) is 6.33 Å². The molecule has 3 aromatic carbocycles. The van der Waals surface area contributed by atoms with E-state index in [0.717, 1.165) is 24.8 Å². The molecule has 1 saturated heterocycles. The summed E-state index contributed by atoms with van der Waals surface area (Å²) in [4.78, 5) is 20.9. The smallest absolute Gasteiger partial charge is 0.230 e. The molecule has 1 saturated carbocycles. The monoisotopic (exact) mass is 632 g/mol. The number of aliphatic hydroxyl groups excluding tert-OH is 1. The summed E-state index contributed by atoms with van der Waals surface area (Å²) >= 11 is 5.23. The second-order valence-electron chi connectivity index (χ2n) is 11.1. The lowest BCUT2D eigenvalue weighted by atomic mass is 9.85. The summed E-state index contributed by atoms with van der Waals surface area (Å²) < 4.78 is 38.3. The molecule has 0 bridgehead atoms. The molecular weight excluding hydrogens is 599 g/mol. The molecule has 0 spiro atoms. The van der Waals surface area contributed by atoms with Gasteiger partial charge in [-0.2, -0.15) is 0 Å². The zero-order valence-corrected chi connectivity index (χ0v) is 25.4. The Hall–Kier alpha value is -4.39. The number of halogens is 1. The number of hydrogen-bond acceptors (Lipinski definition) is 9. The molecule has 12 heteroatoms. The number of aliphatic hydroxyl groups is 1. The number of nitrogens with one attached hydrogen (secondary N) is 2. The zero-order valence-electron chi connectivity index (χ0n) is 24.6. The SMILES string of the molecule is COc1cc2c(Oc3ccc(NC(=S)NC(=O)Cc4ccccc4)cc3F)ncnc2cc1OC[C@H]1CC[C@H]2[C@H]1CCO[C@@H]2O. The first kappa shape index (κ1) is 30.6. The second kappa shape index (κ2) is 13.7. The number of amides is 1. The highest BCUT2D eigenvalue weighted by Crippen LogP contribution is 2.45. The fourth-order valence-electron chi connectivity index (χ4n) is 6.11. The largest absolute Gasteiger partial charge is 0.493 e.